The number of benzene rings is 2. The zero-order valence-electron chi connectivity index (χ0n) is 11.2. The molecule has 5 heteroatoms. The summed E-state index contributed by atoms with van der Waals surface area (Å²) in [4.78, 5) is 0. The van der Waals surface area contributed by atoms with E-state index in [2.05, 4.69) is 6.58 Å². The van der Waals surface area contributed by atoms with Gasteiger partial charge in [0, 0.05) is 5.39 Å². The van der Waals surface area contributed by atoms with Crippen LogP contribution in [0.5, 0.6) is 5.75 Å². The van der Waals surface area contributed by atoms with Crippen molar-refractivity contribution in [2.45, 2.75) is 0 Å². The molecule has 18 heavy (non-hydrogen) atoms. The van der Waals surface area contributed by atoms with E-state index >= 15 is 0 Å². The second-order valence-electron chi connectivity index (χ2n) is 3.57. The van der Waals surface area contributed by atoms with Crippen LogP contribution in [-0.4, -0.2) is 14.2 Å². The Bertz CT molecular complexity index is 650. The van der Waals surface area contributed by atoms with Gasteiger partial charge in [0.05, 0.1) is 0 Å². The SMILES string of the molecule is C=CCS(=O)(=O)Oc1cccc2ccccc12.[H-].[K+]. The zero-order valence-corrected chi connectivity index (χ0v) is 14.1. The molecule has 0 aliphatic heterocycles. The molecule has 90 valence electrons. The maximum absolute atomic E-state index is 11.6. The Hall–Kier alpha value is -0.174. The Morgan fingerprint density at radius 3 is 2.56 bits per heavy atom. The molecular weight excluding hydrogens is 275 g/mol. The van der Waals surface area contributed by atoms with Crippen molar-refractivity contribution in [2.75, 3.05) is 5.75 Å². The normalized spacial score (nSPS) is 10.7. The quantitative estimate of drug-likeness (QED) is 0.446. The van der Waals surface area contributed by atoms with Crippen molar-refractivity contribution in [2.24, 2.45) is 0 Å². The van der Waals surface area contributed by atoms with Gasteiger partial charge in [-0.15, -0.1) is 6.58 Å². The van der Waals surface area contributed by atoms with E-state index < -0.39 is 10.1 Å². The maximum Gasteiger partial charge on any atom is 1.00 e. The summed E-state index contributed by atoms with van der Waals surface area (Å²) in [6.07, 6.45) is 1.31. The molecule has 0 saturated carbocycles. The van der Waals surface area contributed by atoms with Gasteiger partial charge in [0.25, 0.3) is 0 Å². The van der Waals surface area contributed by atoms with Gasteiger partial charge in [0.15, 0.2) is 0 Å². The fraction of sp³-hybridized carbons (Fsp3) is 0.0769. The number of hydrogen-bond acceptors (Lipinski definition) is 3. The van der Waals surface area contributed by atoms with E-state index in [1.54, 1.807) is 12.1 Å². The smallest absolute Gasteiger partial charge is 1.00 e. The Labute approximate surface area is 151 Å². The fourth-order valence-electron chi connectivity index (χ4n) is 1.58. The molecule has 3 nitrogen and oxygen atoms in total. The molecule has 0 aliphatic carbocycles. The minimum atomic E-state index is -3.59. The van der Waals surface area contributed by atoms with E-state index in [1.165, 1.54) is 6.08 Å². The van der Waals surface area contributed by atoms with Crippen LogP contribution < -0.4 is 55.6 Å². The Morgan fingerprint density at radius 2 is 1.83 bits per heavy atom. The molecule has 2 rings (SSSR count). The number of rotatable bonds is 4. The summed E-state index contributed by atoms with van der Waals surface area (Å²) in [5.74, 6) is 0.154. The van der Waals surface area contributed by atoms with Crippen LogP contribution in [0.15, 0.2) is 55.1 Å². The van der Waals surface area contributed by atoms with Crippen LogP contribution in [-0.2, 0) is 10.1 Å². The van der Waals surface area contributed by atoms with Gasteiger partial charge in [-0.05, 0) is 11.5 Å². The molecule has 0 heterocycles. The average molecular weight is 288 g/mol. The summed E-state index contributed by atoms with van der Waals surface area (Å²) < 4.78 is 28.2. The largest absolute Gasteiger partial charge is 1.00 e. The monoisotopic (exact) mass is 288 g/mol. The van der Waals surface area contributed by atoms with Crippen LogP contribution in [0.1, 0.15) is 1.43 Å². The first-order valence-corrected chi connectivity index (χ1v) is 6.71. The van der Waals surface area contributed by atoms with Gasteiger partial charge in [0.2, 0.25) is 0 Å². The predicted octanol–water partition coefficient (Wildman–Crippen LogP) is -0.149. The Morgan fingerprint density at radius 1 is 1.17 bits per heavy atom. The van der Waals surface area contributed by atoms with E-state index in [-0.39, 0.29) is 58.6 Å². The molecular formula is C13H13KO3S. The second-order valence-corrected chi connectivity index (χ2v) is 5.19. The van der Waals surface area contributed by atoms with Crippen molar-refractivity contribution in [1.82, 2.24) is 0 Å². The Balaban J connectivity index is 0.00000162. The van der Waals surface area contributed by atoms with Crippen LogP contribution in [0.3, 0.4) is 0 Å². The summed E-state index contributed by atoms with van der Waals surface area (Å²) in [7, 11) is -3.59. The van der Waals surface area contributed by atoms with Crippen molar-refractivity contribution in [3.8, 4) is 5.75 Å². The summed E-state index contributed by atoms with van der Waals surface area (Å²) in [5.41, 5.74) is 0. The second kappa shape index (κ2) is 6.84. The van der Waals surface area contributed by atoms with Crippen molar-refractivity contribution < 1.29 is 65.4 Å². The van der Waals surface area contributed by atoms with E-state index in [4.69, 9.17) is 4.18 Å². The van der Waals surface area contributed by atoms with Gasteiger partial charge < -0.3 is 5.61 Å². The minimum Gasteiger partial charge on any atom is -1.00 e. The standard InChI is InChI=1S/C13H12O3S.K.H/c1-2-10-17(14,15)16-13-9-5-7-11-6-3-4-8-12(11)13;;/h2-9H,1,10H2;;/q;+1;-1. The predicted molar refractivity (Wildman–Crippen MR) is 69.7 cm³/mol. The fourth-order valence-corrected chi connectivity index (χ4v) is 2.36. The van der Waals surface area contributed by atoms with E-state index in [9.17, 15) is 8.42 Å². The first-order valence-electron chi connectivity index (χ1n) is 5.13. The summed E-state index contributed by atoms with van der Waals surface area (Å²) in [5, 5.41) is 1.72. The van der Waals surface area contributed by atoms with E-state index in [0.717, 1.165) is 10.8 Å². The number of fused-ring (bicyclic) bond motifs is 1. The molecule has 0 unspecified atom stereocenters. The van der Waals surface area contributed by atoms with E-state index in [0.29, 0.717) is 5.75 Å². The molecule has 0 N–H and O–H groups in total. The molecule has 2 aromatic carbocycles. The first-order chi connectivity index (χ1) is 8.12. The summed E-state index contributed by atoms with van der Waals surface area (Å²) >= 11 is 0. The molecule has 0 bridgehead atoms. The third-order valence-electron chi connectivity index (χ3n) is 2.29. The van der Waals surface area contributed by atoms with Crippen LogP contribution >= 0.6 is 0 Å². The van der Waals surface area contributed by atoms with Crippen molar-refractivity contribution in [3.05, 3.63) is 55.1 Å². The van der Waals surface area contributed by atoms with Gasteiger partial charge in [0.1, 0.15) is 11.5 Å². The molecule has 0 fully saturated rings. The van der Waals surface area contributed by atoms with Crippen molar-refractivity contribution in [3.63, 3.8) is 0 Å². The van der Waals surface area contributed by atoms with Gasteiger partial charge in [-0.25, -0.2) is 0 Å². The molecule has 0 aromatic heterocycles. The number of hydrogen-bond donors (Lipinski definition) is 0. The summed E-state index contributed by atoms with van der Waals surface area (Å²) in [6.45, 7) is 3.39. The van der Waals surface area contributed by atoms with Gasteiger partial charge in [-0.2, -0.15) is 8.42 Å². The maximum atomic E-state index is 11.6. The van der Waals surface area contributed by atoms with E-state index in [1.807, 2.05) is 30.3 Å². The van der Waals surface area contributed by atoms with Crippen LogP contribution in [0, 0.1) is 0 Å². The summed E-state index contributed by atoms with van der Waals surface area (Å²) in [6, 6.07) is 12.8. The van der Waals surface area contributed by atoms with Gasteiger partial charge in [-0.1, -0.05) is 42.5 Å². The van der Waals surface area contributed by atoms with Crippen LogP contribution in [0.2, 0.25) is 0 Å². The van der Waals surface area contributed by atoms with Gasteiger partial charge >= 0.3 is 61.5 Å². The minimum absolute atomic E-state index is 0. The van der Waals surface area contributed by atoms with Gasteiger partial charge in [-0.3, -0.25) is 0 Å². The third kappa shape index (κ3) is 3.91. The zero-order chi connectivity index (χ0) is 12.3. The Kier molecular flexibility index (Phi) is 6.03. The molecule has 0 amide bonds. The molecule has 0 atom stereocenters. The topological polar surface area (TPSA) is 43.4 Å². The first kappa shape index (κ1) is 15.9. The molecule has 0 saturated heterocycles. The third-order valence-corrected chi connectivity index (χ3v) is 3.37. The van der Waals surface area contributed by atoms with Crippen molar-refractivity contribution in [1.29, 1.82) is 0 Å². The average Bonchev–Trinajstić information content (AvgIpc) is 2.29. The molecule has 2 aromatic rings. The van der Waals surface area contributed by atoms with Crippen LogP contribution in [0.4, 0.5) is 0 Å². The molecule has 0 spiro atoms. The van der Waals surface area contributed by atoms with Crippen molar-refractivity contribution >= 4 is 20.9 Å². The molecule has 0 radical (unpaired) electrons. The molecule has 0 aliphatic rings. The van der Waals surface area contributed by atoms with Crippen LogP contribution in [0.25, 0.3) is 10.8 Å².